The number of terminal acetylenes is 1. The summed E-state index contributed by atoms with van der Waals surface area (Å²) in [6, 6.07) is 0. The molecule has 0 bridgehead atoms. The zero-order valence-corrected chi connectivity index (χ0v) is 13.8. The van der Waals surface area contributed by atoms with Crippen molar-refractivity contribution in [1.82, 2.24) is 14.5 Å². The number of ether oxygens (including phenoxy) is 1. The lowest BCUT2D eigenvalue weighted by Crippen LogP contribution is -2.40. The Bertz CT molecular complexity index is 816. The molecule has 1 aliphatic heterocycles. The second-order valence-electron chi connectivity index (χ2n) is 5.86. The molecule has 0 amide bonds. The predicted molar refractivity (Wildman–Crippen MR) is 87.2 cm³/mol. The molecule has 1 saturated heterocycles. The van der Waals surface area contributed by atoms with Crippen LogP contribution in [0, 0.1) is 12.3 Å². The lowest BCUT2D eigenvalue weighted by Gasteiger charge is -2.25. The van der Waals surface area contributed by atoms with E-state index in [2.05, 4.69) is 21.4 Å². The minimum absolute atomic E-state index is 0.324. The molecule has 2 aromatic rings. The number of anilines is 1. The molecule has 0 aliphatic carbocycles. The lowest BCUT2D eigenvalue weighted by molar-refractivity contribution is -0.0564. The van der Waals surface area contributed by atoms with Gasteiger partial charge >= 0.3 is 0 Å². The van der Waals surface area contributed by atoms with E-state index in [0.29, 0.717) is 29.0 Å². The molecular weight excluding hydrogens is 331 g/mol. The normalized spacial score (nSPS) is 29.0. The number of nitrogens with one attached hydrogen (secondary N) is 1. The molecule has 0 aromatic carbocycles. The van der Waals surface area contributed by atoms with Crippen LogP contribution in [0.5, 0.6) is 0 Å². The number of aliphatic hydroxyl groups is 2. The summed E-state index contributed by atoms with van der Waals surface area (Å²) in [5.74, 6) is 2.85. The fourth-order valence-corrected chi connectivity index (χ4v) is 2.95. The van der Waals surface area contributed by atoms with Gasteiger partial charge in [-0.1, -0.05) is 5.92 Å². The summed E-state index contributed by atoms with van der Waals surface area (Å²) >= 11 is 0. The summed E-state index contributed by atoms with van der Waals surface area (Å²) < 4.78 is 22.0. The van der Waals surface area contributed by atoms with Crippen LogP contribution in [0.4, 0.5) is 10.2 Å². The van der Waals surface area contributed by atoms with Crippen molar-refractivity contribution in [3.05, 3.63) is 18.1 Å². The van der Waals surface area contributed by atoms with Crippen LogP contribution in [0.25, 0.3) is 11.0 Å². The fourth-order valence-electron chi connectivity index (χ4n) is 2.95. The molecule has 2 unspecified atom stereocenters. The van der Waals surface area contributed by atoms with E-state index in [1.807, 2.05) is 0 Å². The van der Waals surface area contributed by atoms with Crippen LogP contribution in [0.1, 0.15) is 25.6 Å². The van der Waals surface area contributed by atoms with Crippen LogP contribution in [-0.2, 0) is 9.57 Å². The first-order chi connectivity index (χ1) is 12.0. The van der Waals surface area contributed by atoms with Gasteiger partial charge in [0.15, 0.2) is 17.7 Å². The number of hydrogen-bond acceptors (Lipinski definition) is 7. The van der Waals surface area contributed by atoms with Gasteiger partial charge in [0.1, 0.15) is 24.2 Å². The molecule has 1 fully saturated rings. The van der Waals surface area contributed by atoms with Gasteiger partial charge in [-0.2, -0.15) is 0 Å². The van der Waals surface area contributed by atoms with Crippen LogP contribution in [0.3, 0.4) is 0 Å². The second-order valence-corrected chi connectivity index (χ2v) is 5.86. The Kier molecular flexibility index (Phi) is 4.62. The van der Waals surface area contributed by atoms with E-state index in [0.717, 1.165) is 0 Å². The van der Waals surface area contributed by atoms with Gasteiger partial charge in [0, 0.05) is 6.20 Å². The number of rotatable bonds is 5. The van der Waals surface area contributed by atoms with Crippen molar-refractivity contribution in [2.75, 3.05) is 18.7 Å². The summed E-state index contributed by atoms with van der Waals surface area (Å²) in [4.78, 5) is 13.4. The summed E-state index contributed by atoms with van der Waals surface area (Å²) in [7, 11) is 0. The number of aliphatic hydroxyl groups excluding tert-OH is 2. The number of fused-ring (bicyclic) bond motifs is 1. The molecule has 3 N–H and O–H groups in total. The standard InChI is InChI=1S/C16H19FN4O4/c1-4-9-6-21(15-16(3,17)12(23)10(7-22)25-15)14-11(9)13(18-8-19-14)20-24-5-2/h1,6,8,10,12,15,22-23H,5,7H2,2-3H3,(H,18,19,20)/t10?,12?,15-,16-/m1/s1. The van der Waals surface area contributed by atoms with Crippen LogP contribution in [-0.4, -0.2) is 55.8 Å². The van der Waals surface area contributed by atoms with Crippen LogP contribution in [0.2, 0.25) is 0 Å². The third-order valence-corrected chi connectivity index (χ3v) is 4.23. The smallest absolute Gasteiger partial charge is 0.181 e. The number of nitrogens with zero attached hydrogens (tertiary/aromatic N) is 3. The first-order valence-electron chi connectivity index (χ1n) is 7.78. The first-order valence-corrected chi connectivity index (χ1v) is 7.78. The maximum absolute atomic E-state index is 15.1. The van der Waals surface area contributed by atoms with Gasteiger partial charge < -0.3 is 19.5 Å². The molecule has 134 valence electrons. The van der Waals surface area contributed by atoms with Crippen LogP contribution < -0.4 is 5.48 Å². The molecule has 2 aromatic heterocycles. The molecule has 3 heterocycles. The molecule has 9 heteroatoms. The van der Waals surface area contributed by atoms with E-state index in [1.54, 1.807) is 6.92 Å². The van der Waals surface area contributed by atoms with Crippen molar-refractivity contribution in [1.29, 1.82) is 0 Å². The summed E-state index contributed by atoms with van der Waals surface area (Å²) in [6.45, 7) is 2.90. The fraction of sp³-hybridized carbons (Fsp3) is 0.500. The molecule has 0 radical (unpaired) electrons. The Morgan fingerprint density at radius 3 is 2.92 bits per heavy atom. The highest BCUT2D eigenvalue weighted by molar-refractivity contribution is 5.93. The summed E-state index contributed by atoms with van der Waals surface area (Å²) in [6.07, 6.45) is 4.61. The Balaban J connectivity index is 2.14. The predicted octanol–water partition coefficient (Wildman–Crippen LogP) is 0.755. The Hall–Kier alpha value is -2.25. The Labute approximate surface area is 143 Å². The molecular formula is C16H19FN4O4. The van der Waals surface area contributed by atoms with E-state index < -0.39 is 30.7 Å². The van der Waals surface area contributed by atoms with Gasteiger partial charge in [-0.05, 0) is 13.8 Å². The van der Waals surface area contributed by atoms with Gasteiger partial charge in [0.05, 0.1) is 24.2 Å². The van der Waals surface area contributed by atoms with Crippen molar-refractivity contribution in [3.8, 4) is 12.3 Å². The van der Waals surface area contributed by atoms with Gasteiger partial charge in [-0.25, -0.2) is 19.8 Å². The van der Waals surface area contributed by atoms with Crippen molar-refractivity contribution in [2.45, 2.75) is 38.0 Å². The Morgan fingerprint density at radius 2 is 2.32 bits per heavy atom. The highest BCUT2D eigenvalue weighted by Crippen LogP contribution is 2.43. The average Bonchev–Trinajstić information content (AvgIpc) is 3.09. The number of aromatic nitrogens is 3. The third-order valence-electron chi connectivity index (χ3n) is 4.23. The molecule has 0 saturated carbocycles. The highest BCUT2D eigenvalue weighted by atomic mass is 19.1. The van der Waals surface area contributed by atoms with Gasteiger partial charge in [-0.15, -0.1) is 6.42 Å². The number of halogens is 1. The minimum atomic E-state index is -2.15. The van der Waals surface area contributed by atoms with E-state index >= 15 is 4.39 Å². The van der Waals surface area contributed by atoms with Gasteiger partial charge in [0.25, 0.3) is 0 Å². The zero-order chi connectivity index (χ0) is 18.2. The number of hydrogen-bond donors (Lipinski definition) is 3. The molecule has 4 atom stereocenters. The van der Waals surface area contributed by atoms with Crippen molar-refractivity contribution >= 4 is 16.9 Å². The van der Waals surface area contributed by atoms with E-state index in [1.165, 1.54) is 24.0 Å². The Morgan fingerprint density at radius 1 is 1.56 bits per heavy atom. The minimum Gasteiger partial charge on any atom is -0.394 e. The third kappa shape index (κ3) is 2.73. The van der Waals surface area contributed by atoms with Gasteiger partial charge in [-0.3, -0.25) is 4.84 Å². The maximum Gasteiger partial charge on any atom is 0.181 e. The van der Waals surface area contributed by atoms with Crippen molar-refractivity contribution in [2.24, 2.45) is 0 Å². The van der Waals surface area contributed by atoms with E-state index in [9.17, 15) is 10.2 Å². The largest absolute Gasteiger partial charge is 0.394 e. The van der Waals surface area contributed by atoms with Crippen LogP contribution in [0.15, 0.2) is 12.5 Å². The monoisotopic (exact) mass is 350 g/mol. The SMILES string of the molecule is C#Cc1cn([C@@H]2OC(CO)C(O)[C@@]2(C)F)c2ncnc(NOCC)c12. The molecule has 1 aliphatic rings. The highest BCUT2D eigenvalue weighted by Gasteiger charge is 2.55. The molecule has 0 spiro atoms. The summed E-state index contributed by atoms with van der Waals surface area (Å²) in [5, 5.41) is 19.8. The molecule has 25 heavy (non-hydrogen) atoms. The van der Waals surface area contributed by atoms with Crippen LogP contribution >= 0.6 is 0 Å². The molecule has 8 nitrogen and oxygen atoms in total. The number of alkyl halides is 1. The van der Waals surface area contributed by atoms with E-state index in [-0.39, 0.29) is 0 Å². The van der Waals surface area contributed by atoms with Crippen molar-refractivity contribution < 1.29 is 24.2 Å². The summed E-state index contributed by atoms with van der Waals surface area (Å²) in [5.41, 5.74) is 1.27. The first kappa shape index (κ1) is 17.6. The maximum atomic E-state index is 15.1. The van der Waals surface area contributed by atoms with E-state index in [4.69, 9.17) is 16.0 Å². The van der Waals surface area contributed by atoms with Gasteiger partial charge in [0.2, 0.25) is 0 Å². The quantitative estimate of drug-likeness (QED) is 0.540. The second kappa shape index (κ2) is 6.57. The molecule has 3 rings (SSSR count). The topological polar surface area (TPSA) is 102 Å². The average molecular weight is 350 g/mol. The van der Waals surface area contributed by atoms with Crippen molar-refractivity contribution in [3.63, 3.8) is 0 Å². The zero-order valence-electron chi connectivity index (χ0n) is 13.8. The lowest BCUT2D eigenvalue weighted by atomic mass is 9.98.